The second kappa shape index (κ2) is 9.45. The summed E-state index contributed by atoms with van der Waals surface area (Å²) in [6.07, 6.45) is 1.60. The standard InChI is InChI=1S/C26H31N7O4/c1-15-8-7-11-32(15)22-12-17-18(20(29-22)13-27-25(35)37-26(3,4)5)14-33(24(17)34)21-10-6-9-19(28-21)23-31-30-16(2)36-23/h6,9-10,12,15H,7-8,11,13-14H2,1-5H3,(H,27,35). The number of carbonyl (C=O) groups is 2. The molecule has 11 nitrogen and oxygen atoms in total. The van der Waals surface area contributed by atoms with Gasteiger partial charge < -0.3 is 19.4 Å². The Morgan fingerprint density at radius 1 is 1.22 bits per heavy atom. The van der Waals surface area contributed by atoms with Crippen LogP contribution >= 0.6 is 0 Å². The van der Waals surface area contributed by atoms with Crippen LogP contribution in [0.4, 0.5) is 16.4 Å². The highest BCUT2D eigenvalue weighted by Crippen LogP contribution is 2.34. The molecular formula is C26H31N7O4. The number of aromatic nitrogens is 4. The van der Waals surface area contributed by atoms with Gasteiger partial charge in [0.25, 0.3) is 11.8 Å². The average molecular weight is 506 g/mol. The highest BCUT2D eigenvalue weighted by atomic mass is 16.6. The van der Waals surface area contributed by atoms with Crippen molar-refractivity contribution in [3.63, 3.8) is 0 Å². The molecule has 11 heteroatoms. The Kier molecular flexibility index (Phi) is 6.30. The van der Waals surface area contributed by atoms with E-state index in [2.05, 4.69) is 32.3 Å². The number of hydrogen-bond acceptors (Lipinski definition) is 9. The van der Waals surface area contributed by atoms with Gasteiger partial charge >= 0.3 is 6.09 Å². The second-order valence-electron chi connectivity index (χ2n) is 10.4. The molecule has 3 aromatic heterocycles. The average Bonchev–Trinajstić information content (AvgIpc) is 3.55. The number of fused-ring (bicyclic) bond motifs is 1. The van der Waals surface area contributed by atoms with Crippen LogP contribution in [-0.4, -0.2) is 50.4 Å². The summed E-state index contributed by atoms with van der Waals surface area (Å²) in [5.74, 6) is 1.76. The molecule has 0 bridgehead atoms. The Hall–Kier alpha value is -4.02. The van der Waals surface area contributed by atoms with Crippen LogP contribution in [0.25, 0.3) is 11.6 Å². The lowest BCUT2D eigenvalue weighted by Crippen LogP contribution is -2.33. The van der Waals surface area contributed by atoms with Crippen molar-refractivity contribution in [2.45, 2.75) is 72.2 Å². The minimum atomic E-state index is -0.618. The number of carbonyl (C=O) groups excluding carboxylic acids is 2. The van der Waals surface area contributed by atoms with E-state index >= 15 is 0 Å². The van der Waals surface area contributed by atoms with Crippen LogP contribution in [0.15, 0.2) is 28.7 Å². The molecule has 0 radical (unpaired) electrons. The van der Waals surface area contributed by atoms with Gasteiger partial charge in [-0.1, -0.05) is 6.07 Å². The van der Waals surface area contributed by atoms with Crippen molar-refractivity contribution in [3.05, 3.63) is 47.0 Å². The topological polar surface area (TPSA) is 127 Å². The Bertz CT molecular complexity index is 1350. The van der Waals surface area contributed by atoms with Gasteiger partial charge in [0, 0.05) is 25.1 Å². The van der Waals surface area contributed by atoms with Gasteiger partial charge in [-0.3, -0.25) is 9.69 Å². The van der Waals surface area contributed by atoms with Gasteiger partial charge in [-0.05, 0) is 58.7 Å². The van der Waals surface area contributed by atoms with Crippen LogP contribution in [0.3, 0.4) is 0 Å². The number of alkyl carbamates (subject to hydrolysis) is 1. The fraction of sp³-hybridized carbons (Fsp3) is 0.462. The van der Waals surface area contributed by atoms with E-state index in [0.29, 0.717) is 34.7 Å². The molecule has 1 fully saturated rings. The van der Waals surface area contributed by atoms with Crippen LogP contribution in [0, 0.1) is 6.92 Å². The molecule has 1 atom stereocenters. The summed E-state index contributed by atoms with van der Waals surface area (Å²) in [6.45, 7) is 10.6. The molecule has 194 valence electrons. The molecule has 1 N–H and O–H groups in total. The van der Waals surface area contributed by atoms with Gasteiger partial charge in [0.1, 0.15) is 22.9 Å². The first-order valence-corrected chi connectivity index (χ1v) is 12.4. The molecule has 5 heterocycles. The molecule has 3 aromatic rings. The second-order valence-corrected chi connectivity index (χ2v) is 10.4. The minimum absolute atomic E-state index is 0.142. The monoisotopic (exact) mass is 505 g/mol. The lowest BCUT2D eigenvalue weighted by atomic mass is 10.1. The highest BCUT2D eigenvalue weighted by molar-refractivity contribution is 6.10. The van der Waals surface area contributed by atoms with Crippen LogP contribution < -0.4 is 15.1 Å². The maximum atomic E-state index is 13.7. The maximum absolute atomic E-state index is 13.7. The van der Waals surface area contributed by atoms with Crippen molar-refractivity contribution in [2.24, 2.45) is 0 Å². The first-order chi connectivity index (χ1) is 17.6. The van der Waals surface area contributed by atoms with Gasteiger partial charge in [-0.2, -0.15) is 0 Å². The third-order valence-corrected chi connectivity index (χ3v) is 6.39. The molecule has 5 rings (SSSR count). The molecular weight excluding hydrogens is 474 g/mol. The van der Waals surface area contributed by atoms with Crippen molar-refractivity contribution in [1.29, 1.82) is 0 Å². The zero-order valence-electron chi connectivity index (χ0n) is 21.7. The Labute approximate surface area is 215 Å². The van der Waals surface area contributed by atoms with Crippen LogP contribution in [0.1, 0.15) is 68.0 Å². The number of nitrogens with zero attached hydrogens (tertiary/aromatic N) is 6. The van der Waals surface area contributed by atoms with Gasteiger partial charge in [0.05, 0.1) is 24.3 Å². The molecule has 0 aromatic carbocycles. The lowest BCUT2D eigenvalue weighted by molar-refractivity contribution is 0.0522. The normalized spacial score (nSPS) is 17.3. The van der Waals surface area contributed by atoms with Crippen LogP contribution in [0.5, 0.6) is 0 Å². The van der Waals surface area contributed by atoms with Crippen molar-refractivity contribution in [1.82, 2.24) is 25.5 Å². The van der Waals surface area contributed by atoms with E-state index in [-0.39, 0.29) is 24.9 Å². The first kappa shape index (κ1) is 24.7. The van der Waals surface area contributed by atoms with E-state index in [9.17, 15) is 9.59 Å². The van der Waals surface area contributed by atoms with Crippen molar-refractivity contribution < 1.29 is 18.7 Å². The molecule has 2 amide bonds. The number of rotatable bonds is 5. The van der Waals surface area contributed by atoms with Crippen LogP contribution in [0.2, 0.25) is 0 Å². The summed E-state index contributed by atoms with van der Waals surface area (Å²) in [5, 5.41) is 10.7. The summed E-state index contributed by atoms with van der Waals surface area (Å²) < 4.78 is 10.9. The molecule has 1 unspecified atom stereocenters. The number of nitrogens with one attached hydrogen (secondary N) is 1. The predicted molar refractivity (Wildman–Crippen MR) is 136 cm³/mol. The van der Waals surface area contributed by atoms with Gasteiger partial charge in [0.15, 0.2) is 0 Å². The maximum Gasteiger partial charge on any atom is 0.407 e. The summed E-state index contributed by atoms with van der Waals surface area (Å²) in [7, 11) is 0. The molecule has 37 heavy (non-hydrogen) atoms. The Balaban J connectivity index is 1.47. The van der Waals surface area contributed by atoms with Crippen molar-refractivity contribution in [2.75, 3.05) is 16.3 Å². The predicted octanol–water partition coefficient (Wildman–Crippen LogP) is 4.01. The van der Waals surface area contributed by atoms with E-state index < -0.39 is 11.7 Å². The van der Waals surface area contributed by atoms with Crippen molar-refractivity contribution >= 4 is 23.6 Å². The molecule has 2 aliphatic rings. The number of ether oxygens (including phenoxy) is 1. The third kappa shape index (κ3) is 5.11. The fourth-order valence-corrected chi connectivity index (χ4v) is 4.67. The van der Waals surface area contributed by atoms with E-state index in [1.807, 2.05) is 26.8 Å². The van der Waals surface area contributed by atoms with E-state index in [0.717, 1.165) is 30.8 Å². The smallest absolute Gasteiger partial charge is 0.407 e. The van der Waals surface area contributed by atoms with E-state index in [1.165, 1.54) is 0 Å². The Morgan fingerprint density at radius 2 is 2.03 bits per heavy atom. The zero-order valence-corrected chi connectivity index (χ0v) is 21.7. The van der Waals surface area contributed by atoms with Gasteiger partial charge in [-0.25, -0.2) is 14.8 Å². The fourth-order valence-electron chi connectivity index (χ4n) is 4.67. The van der Waals surface area contributed by atoms with Gasteiger partial charge in [-0.15, -0.1) is 10.2 Å². The summed E-state index contributed by atoms with van der Waals surface area (Å²) >= 11 is 0. The molecule has 0 spiro atoms. The number of amides is 2. The van der Waals surface area contributed by atoms with E-state index in [4.69, 9.17) is 14.1 Å². The molecule has 0 aliphatic carbocycles. The number of pyridine rings is 2. The minimum Gasteiger partial charge on any atom is -0.444 e. The molecule has 1 saturated heterocycles. The highest BCUT2D eigenvalue weighted by Gasteiger charge is 2.35. The lowest BCUT2D eigenvalue weighted by Gasteiger charge is -2.24. The summed E-state index contributed by atoms with van der Waals surface area (Å²) in [4.78, 5) is 39.4. The zero-order chi connectivity index (χ0) is 26.3. The molecule has 0 saturated carbocycles. The Morgan fingerprint density at radius 3 is 2.70 bits per heavy atom. The largest absolute Gasteiger partial charge is 0.444 e. The number of hydrogen-bond donors (Lipinski definition) is 1. The first-order valence-electron chi connectivity index (χ1n) is 12.4. The van der Waals surface area contributed by atoms with Crippen LogP contribution in [-0.2, 0) is 17.8 Å². The molecule has 2 aliphatic heterocycles. The van der Waals surface area contributed by atoms with Crippen molar-refractivity contribution in [3.8, 4) is 11.6 Å². The van der Waals surface area contributed by atoms with Gasteiger partial charge in [0.2, 0.25) is 5.89 Å². The number of aryl methyl sites for hydroxylation is 1. The third-order valence-electron chi connectivity index (χ3n) is 6.39. The summed E-state index contributed by atoms with van der Waals surface area (Å²) in [6, 6.07) is 7.51. The quantitative estimate of drug-likeness (QED) is 0.547. The summed E-state index contributed by atoms with van der Waals surface area (Å²) in [5.41, 5.74) is 1.82. The number of anilines is 2. The SMILES string of the molecule is Cc1nnc(-c2cccc(N3Cc4c(cc(N5CCCC5C)nc4CNC(=O)OC(C)(C)C)C3=O)n2)o1. The van der Waals surface area contributed by atoms with E-state index in [1.54, 1.807) is 30.0 Å².